The molecule has 5 heteroatoms. The molecule has 1 amide bonds. The number of nitrogens with two attached hydrogens (primary N) is 1. The number of likely N-dealkylation sites (N-methyl/N-ethyl adjacent to an activating group) is 1. The molecule has 0 unspecified atom stereocenters. The van der Waals surface area contributed by atoms with Crippen molar-refractivity contribution in [2.24, 2.45) is 0 Å². The second-order valence-corrected chi connectivity index (χ2v) is 7.04. The summed E-state index contributed by atoms with van der Waals surface area (Å²) in [6.45, 7) is 0.875. The number of fused-ring (bicyclic) bond motifs is 6. The minimum Gasteiger partial charge on any atom is -0.352 e. The number of carbonyl (C=O) groups excluding carboxylic acids is 1. The molecule has 120 valence electrons. The van der Waals surface area contributed by atoms with Gasteiger partial charge >= 0.3 is 0 Å². The molecule has 3 N–H and O–H groups in total. The SMILES string of the molecule is CN1C(=O)[C@@]2([NH2+]CCc3c2[nH]c2ccc(Cl)cc32)c2ccccc21. The number of carbonyl (C=O) groups is 1. The highest BCUT2D eigenvalue weighted by Crippen LogP contribution is 2.44. The zero-order chi connectivity index (χ0) is 16.5. The fourth-order valence-electron chi connectivity index (χ4n) is 4.38. The van der Waals surface area contributed by atoms with Gasteiger partial charge in [0.15, 0.2) is 0 Å². The van der Waals surface area contributed by atoms with E-state index in [9.17, 15) is 4.79 Å². The van der Waals surface area contributed by atoms with E-state index in [0.717, 1.165) is 45.8 Å². The lowest BCUT2D eigenvalue weighted by Crippen LogP contribution is -2.99. The van der Waals surface area contributed by atoms with Gasteiger partial charge in [0, 0.05) is 29.4 Å². The highest BCUT2D eigenvalue weighted by molar-refractivity contribution is 6.31. The standard InChI is InChI=1S/C19H16ClN3O/c1-23-16-5-3-2-4-14(16)19(18(23)24)17-12(8-9-21-19)13-10-11(20)6-7-15(13)22-17/h2-7,10,21-22H,8-9H2,1H3/p+1/t19-/m1/s1. The van der Waals surface area contributed by atoms with Crippen LogP contribution >= 0.6 is 11.6 Å². The Labute approximate surface area is 144 Å². The van der Waals surface area contributed by atoms with E-state index in [-0.39, 0.29) is 5.91 Å². The molecule has 1 aromatic heterocycles. The summed E-state index contributed by atoms with van der Waals surface area (Å²) < 4.78 is 0. The minimum absolute atomic E-state index is 0.113. The number of H-pyrrole nitrogens is 1. The molecular weight excluding hydrogens is 322 g/mol. The summed E-state index contributed by atoms with van der Waals surface area (Å²) in [5.41, 5.74) is 4.62. The van der Waals surface area contributed by atoms with Crippen LogP contribution < -0.4 is 10.2 Å². The Kier molecular flexibility index (Phi) is 2.71. The molecule has 5 rings (SSSR count). The van der Waals surface area contributed by atoms with Crippen molar-refractivity contribution in [3.63, 3.8) is 0 Å². The number of para-hydroxylation sites is 1. The lowest BCUT2D eigenvalue weighted by molar-refractivity contribution is -0.714. The third kappa shape index (κ3) is 1.55. The second-order valence-electron chi connectivity index (χ2n) is 6.60. The zero-order valence-electron chi connectivity index (χ0n) is 13.3. The van der Waals surface area contributed by atoms with E-state index in [1.54, 1.807) is 4.90 Å². The van der Waals surface area contributed by atoms with Crippen LogP contribution in [-0.4, -0.2) is 24.5 Å². The normalized spacial score (nSPS) is 22.2. The Balaban J connectivity index is 1.87. The number of quaternary nitrogens is 1. The lowest BCUT2D eigenvalue weighted by atomic mass is 9.82. The largest absolute Gasteiger partial charge is 0.352 e. The van der Waals surface area contributed by atoms with E-state index in [1.165, 1.54) is 5.56 Å². The molecule has 2 aliphatic rings. The van der Waals surface area contributed by atoms with Gasteiger partial charge in [-0.1, -0.05) is 23.7 Å². The monoisotopic (exact) mass is 338 g/mol. The fraction of sp³-hybridized carbons (Fsp3) is 0.211. The molecule has 1 spiro atoms. The molecule has 0 fully saturated rings. The van der Waals surface area contributed by atoms with E-state index in [4.69, 9.17) is 11.6 Å². The van der Waals surface area contributed by atoms with Crippen LogP contribution in [0.3, 0.4) is 0 Å². The lowest BCUT2D eigenvalue weighted by Gasteiger charge is -2.30. The Morgan fingerprint density at radius 2 is 2.08 bits per heavy atom. The average molecular weight is 339 g/mol. The van der Waals surface area contributed by atoms with Crippen molar-refractivity contribution in [2.45, 2.75) is 12.0 Å². The topological polar surface area (TPSA) is 52.7 Å². The van der Waals surface area contributed by atoms with Gasteiger partial charge in [-0.05, 0) is 35.9 Å². The highest BCUT2D eigenvalue weighted by atomic mass is 35.5. The molecule has 2 aliphatic heterocycles. The second kappa shape index (κ2) is 4.62. The van der Waals surface area contributed by atoms with Crippen molar-refractivity contribution in [3.8, 4) is 0 Å². The number of nitrogens with one attached hydrogen (secondary N) is 1. The van der Waals surface area contributed by atoms with E-state index < -0.39 is 5.54 Å². The van der Waals surface area contributed by atoms with Gasteiger partial charge in [0.2, 0.25) is 5.54 Å². The summed E-state index contributed by atoms with van der Waals surface area (Å²) in [6.07, 6.45) is 0.927. The van der Waals surface area contributed by atoms with Crippen LogP contribution in [-0.2, 0) is 16.8 Å². The Bertz CT molecular complexity index is 1010. The first kappa shape index (κ1) is 14.1. The molecule has 1 atom stereocenters. The first-order chi connectivity index (χ1) is 11.6. The van der Waals surface area contributed by atoms with Crippen molar-refractivity contribution >= 4 is 34.1 Å². The summed E-state index contributed by atoms with van der Waals surface area (Å²) in [6, 6.07) is 14.0. The molecule has 0 aliphatic carbocycles. The van der Waals surface area contributed by atoms with Gasteiger partial charge in [-0.2, -0.15) is 0 Å². The van der Waals surface area contributed by atoms with Crippen molar-refractivity contribution in [2.75, 3.05) is 18.5 Å². The smallest absolute Gasteiger partial charge is 0.299 e. The number of hydrogen-bond donors (Lipinski definition) is 2. The molecule has 0 saturated heterocycles. The van der Waals surface area contributed by atoms with Crippen molar-refractivity contribution in [1.82, 2.24) is 4.98 Å². The summed E-state index contributed by atoms with van der Waals surface area (Å²) in [7, 11) is 1.86. The molecule has 0 bridgehead atoms. The quantitative estimate of drug-likeness (QED) is 0.648. The van der Waals surface area contributed by atoms with E-state index in [0.29, 0.717) is 0 Å². The first-order valence-electron chi connectivity index (χ1n) is 8.15. The molecule has 3 heterocycles. The average Bonchev–Trinajstić information content (AvgIpc) is 3.07. The van der Waals surface area contributed by atoms with Gasteiger partial charge in [-0.15, -0.1) is 0 Å². The van der Waals surface area contributed by atoms with Crippen LogP contribution in [0.2, 0.25) is 5.02 Å². The Morgan fingerprint density at radius 3 is 2.96 bits per heavy atom. The summed E-state index contributed by atoms with van der Waals surface area (Å²) in [4.78, 5) is 18.6. The molecule has 0 radical (unpaired) electrons. The van der Waals surface area contributed by atoms with E-state index in [2.05, 4.69) is 16.4 Å². The van der Waals surface area contributed by atoms with Crippen LogP contribution in [0.1, 0.15) is 16.8 Å². The molecule has 2 aromatic carbocycles. The molecule has 4 nitrogen and oxygen atoms in total. The predicted octanol–water partition coefficient (Wildman–Crippen LogP) is 2.16. The van der Waals surface area contributed by atoms with Gasteiger partial charge < -0.3 is 15.2 Å². The molecule has 3 aromatic rings. The van der Waals surface area contributed by atoms with Crippen LogP contribution in [0.15, 0.2) is 42.5 Å². The molecular formula is C19H17ClN3O+. The van der Waals surface area contributed by atoms with Gasteiger partial charge in [-0.3, -0.25) is 4.79 Å². The van der Waals surface area contributed by atoms with Gasteiger partial charge in [-0.25, -0.2) is 0 Å². The van der Waals surface area contributed by atoms with Crippen molar-refractivity contribution < 1.29 is 10.1 Å². The number of hydrogen-bond acceptors (Lipinski definition) is 1. The number of amides is 1. The Morgan fingerprint density at radius 1 is 1.25 bits per heavy atom. The summed E-state index contributed by atoms with van der Waals surface area (Å²) in [5.74, 6) is 0.113. The maximum Gasteiger partial charge on any atom is 0.299 e. The van der Waals surface area contributed by atoms with Gasteiger partial charge in [0.25, 0.3) is 5.91 Å². The first-order valence-corrected chi connectivity index (χ1v) is 8.53. The van der Waals surface area contributed by atoms with E-state index in [1.807, 2.05) is 43.4 Å². The van der Waals surface area contributed by atoms with Crippen molar-refractivity contribution in [1.29, 1.82) is 0 Å². The third-order valence-corrected chi connectivity index (χ3v) is 5.67. The van der Waals surface area contributed by atoms with E-state index >= 15 is 0 Å². The highest BCUT2D eigenvalue weighted by Gasteiger charge is 2.58. The Hall–Kier alpha value is -2.30. The number of aromatic nitrogens is 1. The van der Waals surface area contributed by atoms with Crippen LogP contribution in [0.25, 0.3) is 10.9 Å². The number of nitrogens with zero attached hydrogens (tertiary/aromatic N) is 1. The number of rotatable bonds is 0. The van der Waals surface area contributed by atoms with Gasteiger partial charge in [0.05, 0.1) is 23.5 Å². The van der Waals surface area contributed by atoms with Gasteiger partial charge in [0.1, 0.15) is 0 Å². The van der Waals surface area contributed by atoms with Crippen LogP contribution in [0.4, 0.5) is 5.69 Å². The molecule has 0 saturated carbocycles. The summed E-state index contributed by atoms with van der Waals surface area (Å²) in [5, 5.41) is 4.03. The molecule has 24 heavy (non-hydrogen) atoms. The summed E-state index contributed by atoms with van der Waals surface area (Å²) >= 11 is 6.21. The third-order valence-electron chi connectivity index (χ3n) is 5.44. The fourth-order valence-corrected chi connectivity index (χ4v) is 4.55. The maximum atomic E-state index is 13.3. The number of halogens is 1. The van der Waals surface area contributed by atoms with Crippen LogP contribution in [0.5, 0.6) is 0 Å². The zero-order valence-corrected chi connectivity index (χ0v) is 14.0. The number of anilines is 1. The predicted molar refractivity (Wildman–Crippen MR) is 94.4 cm³/mol. The van der Waals surface area contributed by atoms with Crippen molar-refractivity contribution in [3.05, 3.63) is 64.3 Å². The number of aromatic amines is 1. The minimum atomic E-state index is -0.704. The number of benzene rings is 2. The van der Waals surface area contributed by atoms with Crippen LogP contribution in [0, 0.1) is 0 Å². The maximum absolute atomic E-state index is 13.3.